The number of nitrogens with zero attached hydrogens (tertiary/aromatic N) is 2. The molecule has 0 saturated heterocycles. The number of hydrogen-bond acceptors (Lipinski definition) is 3. The lowest BCUT2D eigenvalue weighted by Gasteiger charge is -2.34. The molecule has 4 heteroatoms. The molecule has 0 spiro atoms. The highest BCUT2D eigenvalue weighted by atomic mass is 28.3. The van der Waals surface area contributed by atoms with Crippen LogP contribution in [0.15, 0.2) is 12.3 Å². The molecule has 0 unspecified atom stereocenters. The molecule has 0 amide bonds. The SMILES string of the molecule is C=C[Si](C#COC)(N(C)C)N(C)C. The van der Waals surface area contributed by atoms with Gasteiger partial charge in [0.15, 0.2) is 0 Å². The van der Waals surface area contributed by atoms with Crippen LogP contribution in [0.1, 0.15) is 0 Å². The molecule has 0 atom stereocenters. The predicted octanol–water partition coefficient (Wildman–Crippen LogP) is 0.423. The molecule has 0 radical (unpaired) electrons. The molecule has 0 aliphatic heterocycles. The standard InChI is InChI=1S/C9H18N2OSi/c1-7-13(10(2)3,11(4)5)9-8-12-6/h7H,1H2,2-6H3. The van der Waals surface area contributed by atoms with E-state index in [1.54, 1.807) is 7.11 Å². The van der Waals surface area contributed by atoms with Crippen LogP contribution in [0.5, 0.6) is 0 Å². The van der Waals surface area contributed by atoms with Crippen LogP contribution in [0.2, 0.25) is 0 Å². The Morgan fingerprint density at radius 3 is 1.92 bits per heavy atom. The number of rotatable bonds is 3. The van der Waals surface area contributed by atoms with Gasteiger partial charge in [-0.15, -0.1) is 6.58 Å². The van der Waals surface area contributed by atoms with Crippen molar-refractivity contribution in [1.82, 2.24) is 9.13 Å². The molecule has 3 nitrogen and oxygen atoms in total. The van der Waals surface area contributed by atoms with Crippen LogP contribution in [-0.2, 0) is 4.74 Å². The summed E-state index contributed by atoms with van der Waals surface area (Å²) < 4.78 is 9.01. The third-order valence-corrected chi connectivity index (χ3v) is 5.75. The maximum atomic E-state index is 4.77. The minimum absolute atomic E-state index is 1.57. The van der Waals surface area contributed by atoms with Crippen molar-refractivity contribution in [3.05, 3.63) is 12.3 Å². The van der Waals surface area contributed by atoms with E-state index in [-0.39, 0.29) is 0 Å². The van der Waals surface area contributed by atoms with Gasteiger partial charge < -0.3 is 13.9 Å². The lowest BCUT2D eigenvalue weighted by molar-refractivity contribution is 0.372. The van der Waals surface area contributed by atoms with Crippen molar-refractivity contribution in [3.63, 3.8) is 0 Å². The van der Waals surface area contributed by atoms with E-state index >= 15 is 0 Å². The Hall–Kier alpha value is -0.763. The quantitative estimate of drug-likeness (QED) is 0.483. The van der Waals surface area contributed by atoms with Crippen LogP contribution in [0.3, 0.4) is 0 Å². The van der Waals surface area contributed by atoms with E-state index in [1.165, 1.54) is 0 Å². The molecule has 0 saturated carbocycles. The zero-order valence-electron chi connectivity index (χ0n) is 9.09. The van der Waals surface area contributed by atoms with Crippen molar-refractivity contribution < 1.29 is 4.74 Å². The van der Waals surface area contributed by atoms with Crippen LogP contribution in [-0.4, -0.2) is 52.8 Å². The molecule has 0 aromatic heterocycles. The van der Waals surface area contributed by atoms with Gasteiger partial charge in [0.2, 0.25) is 0 Å². The maximum absolute atomic E-state index is 4.77. The Kier molecular flexibility index (Phi) is 4.77. The van der Waals surface area contributed by atoms with Crippen molar-refractivity contribution in [2.24, 2.45) is 0 Å². The summed E-state index contributed by atoms with van der Waals surface area (Å²) in [6.45, 7) is 3.85. The molecular formula is C9H18N2OSi. The van der Waals surface area contributed by atoms with E-state index in [9.17, 15) is 0 Å². The fraction of sp³-hybridized carbons (Fsp3) is 0.556. The lowest BCUT2D eigenvalue weighted by atomic mass is 11.2. The monoisotopic (exact) mass is 198 g/mol. The van der Waals surface area contributed by atoms with Gasteiger partial charge in [-0.1, -0.05) is 5.70 Å². The van der Waals surface area contributed by atoms with Gasteiger partial charge in [0.25, 0.3) is 0 Å². The summed E-state index contributed by atoms with van der Waals surface area (Å²) in [6.07, 6.45) is 2.66. The zero-order chi connectivity index (χ0) is 10.5. The fourth-order valence-electron chi connectivity index (χ4n) is 1.17. The van der Waals surface area contributed by atoms with Gasteiger partial charge in [-0.05, 0) is 33.7 Å². The van der Waals surface area contributed by atoms with Gasteiger partial charge in [-0.25, -0.2) is 0 Å². The Labute approximate surface area is 82.1 Å². The molecule has 0 aromatic carbocycles. The van der Waals surface area contributed by atoms with Gasteiger partial charge in [-0.2, -0.15) is 0 Å². The van der Waals surface area contributed by atoms with E-state index in [2.05, 4.69) is 27.4 Å². The highest BCUT2D eigenvalue weighted by Gasteiger charge is 2.34. The zero-order valence-corrected chi connectivity index (χ0v) is 10.1. The van der Waals surface area contributed by atoms with E-state index in [4.69, 9.17) is 4.74 Å². The first-order valence-electron chi connectivity index (χ1n) is 4.05. The molecule has 13 heavy (non-hydrogen) atoms. The summed E-state index contributed by atoms with van der Waals surface area (Å²) in [6, 6.07) is 0. The molecule has 74 valence electrons. The van der Waals surface area contributed by atoms with Crippen LogP contribution >= 0.6 is 0 Å². The molecule has 0 bridgehead atoms. The molecule has 0 rings (SSSR count). The van der Waals surface area contributed by atoms with Crippen molar-refractivity contribution in [2.75, 3.05) is 35.3 Å². The molecule has 0 aromatic rings. The van der Waals surface area contributed by atoms with Gasteiger partial charge in [0.1, 0.15) is 6.11 Å². The average molecular weight is 198 g/mol. The number of hydrogen-bond donors (Lipinski definition) is 0. The Bertz CT molecular complexity index is 220. The van der Waals surface area contributed by atoms with Gasteiger partial charge in [-0.3, -0.25) is 0 Å². The molecule has 0 heterocycles. The molecule has 0 aliphatic rings. The molecule has 0 fully saturated rings. The van der Waals surface area contributed by atoms with E-state index in [0.29, 0.717) is 0 Å². The highest BCUT2D eigenvalue weighted by Crippen LogP contribution is 2.08. The van der Waals surface area contributed by atoms with Gasteiger partial charge in [0.05, 0.1) is 7.11 Å². The molecular weight excluding hydrogens is 180 g/mol. The summed E-state index contributed by atoms with van der Waals surface area (Å²) in [7, 11) is 7.62. The number of methoxy groups -OCH3 is 1. The topological polar surface area (TPSA) is 15.7 Å². The summed E-state index contributed by atoms with van der Waals surface area (Å²) in [5.41, 5.74) is 5.06. The minimum atomic E-state index is -2.00. The van der Waals surface area contributed by atoms with Crippen molar-refractivity contribution in [1.29, 1.82) is 0 Å². The first-order chi connectivity index (χ1) is 6.01. The molecule has 0 aliphatic carbocycles. The van der Waals surface area contributed by atoms with Crippen LogP contribution < -0.4 is 0 Å². The van der Waals surface area contributed by atoms with Gasteiger partial charge in [0, 0.05) is 0 Å². The van der Waals surface area contributed by atoms with Gasteiger partial charge >= 0.3 is 8.40 Å². The van der Waals surface area contributed by atoms with E-state index < -0.39 is 8.40 Å². The average Bonchev–Trinajstić information content (AvgIpc) is 2.05. The van der Waals surface area contributed by atoms with Crippen molar-refractivity contribution in [2.45, 2.75) is 0 Å². The van der Waals surface area contributed by atoms with Crippen LogP contribution in [0, 0.1) is 11.7 Å². The Morgan fingerprint density at radius 2 is 1.69 bits per heavy atom. The second-order valence-electron chi connectivity index (χ2n) is 3.15. The van der Waals surface area contributed by atoms with E-state index in [1.807, 2.05) is 33.9 Å². The van der Waals surface area contributed by atoms with Crippen molar-refractivity contribution >= 4 is 8.40 Å². The third-order valence-electron chi connectivity index (χ3n) is 1.99. The highest BCUT2D eigenvalue weighted by molar-refractivity contribution is 6.86. The third kappa shape index (κ3) is 2.59. The Balaban J connectivity index is 4.98. The molecule has 0 N–H and O–H groups in total. The minimum Gasteiger partial charge on any atom is -0.450 e. The lowest BCUT2D eigenvalue weighted by Crippen LogP contribution is -2.58. The second kappa shape index (κ2) is 5.07. The first-order valence-corrected chi connectivity index (χ1v) is 6.02. The normalized spacial score (nSPS) is 11.0. The van der Waals surface area contributed by atoms with E-state index in [0.717, 1.165) is 0 Å². The van der Waals surface area contributed by atoms with Crippen LogP contribution in [0.4, 0.5) is 0 Å². The van der Waals surface area contributed by atoms with Crippen molar-refractivity contribution in [3.8, 4) is 11.7 Å². The summed E-state index contributed by atoms with van der Waals surface area (Å²) in [5.74, 6) is 0. The predicted molar refractivity (Wildman–Crippen MR) is 58.1 cm³/mol. The maximum Gasteiger partial charge on any atom is 0.317 e. The first kappa shape index (κ1) is 12.2. The fourth-order valence-corrected chi connectivity index (χ4v) is 3.50. The van der Waals surface area contributed by atoms with Crippen LogP contribution in [0.25, 0.3) is 0 Å². The Morgan fingerprint density at radius 1 is 1.23 bits per heavy atom. The summed E-state index contributed by atoms with van der Waals surface area (Å²) in [4.78, 5) is 0. The number of ether oxygens (including phenoxy) is 1. The summed E-state index contributed by atoms with van der Waals surface area (Å²) in [5, 5.41) is 0. The smallest absolute Gasteiger partial charge is 0.317 e. The second-order valence-corrected chi connectivity index (χ2v) is 7.05. The summed E-state index contributed by atoms with van der Waals surface area (Å²) >= 11 is 0. The largest absolute Gasteiger partial charge is 0.450 e.